The van der Waals surface area contributed by atoms with Gasteiger partial charge in [-0.1, -0.05) is 54.1 Å². The number of rotatable bonds is 6. The molecule has 0 aromatic heterocycles. The summed E-state index contributed by atoms with van der Waals surface area (Å²) < 4.78 is 15.5. The lowest BCUT2D eigenvalue weighted by Gasteiger charge is -2.12. The third-order valence-corrected chi connectivity index (χ3v) is 6.49. The molecule has 1 fully saturated rings. The Morgan fingerprint density at radius 3 is 2.52 bits per heavy atom. The van der Waals surface area contributed by atoms with Gasteiger partial charge in [-0.05, 0) is 73.6 Å². The number of hydrogen-bond donors (Lipinski definition) is 3. The van der Waals surface area contributed by atoms with Crippen molar-refractivity contribution in [1.29, 1.82) is 5.41 Å². The molecule has 1 saturated carbocycles. The quantitative estimate of drug-likeness (QED) is 0.465. The Bertz CT molecular complexity index is 1030. The Morgan fingerprint density at radius 1 is 1.13 bits per heavy atom. The maximum atomic E-state index is 12.5. The highest BCUT2D eigenvalue weighted by molar-refractivity contribution is 7.86. The molecule has 0 spiro atoms. The van der Waals surface area contributed by atoms with Crippen molar-refractivity contribution >= 4 is 34.4 Å². The average Bonchev–Trinajstić information content (AvgIpc) is 2.95. The zero-order valence-electron chi connectivity index (χ0n) is 17.6. The number of halogens is 1. The molecule has 0 amide bonds. The Kier molecular flexibility index (Phi) is 8.41. The van der Waals surface area contributed by atoms with Crippen molar-refractivity contribution in [2.24, 2.45) is 5.73 Å². The summed E-state index contributed by atoms with van der Waals surface area (Å²) in [4.78, 5) is 0. The van der Waals surface area contributed by atoms with E-state index in [-0.39, 0.29) is 6.04 Å². The molecule has 1 aliphatic carbocycles. The van der Waals surface area contributed by atoms with Gasteiger partial charge in [0.05, 0.1) is 5.71 Å². The maximum absolute atomic E-state index is 12.5. The van der Waals surface area contributed by atoms with Crippen LogP contribution in [-0.2, 0) is 11.0 Å². The molecule has 2 aromatic carbocycles. The van der Waals surface area contributed by atoms with Crippen LogP contribution < -0.4 is 10.5 Å². The van der Waals surface area contributed by atoms with Crippen LogP contribution in [0.5, 0.6) is 0 Å². The standard InChI is InChI=1S/C25H28ClN3OS/c1-18(20-7-3-2-4-8-20)29-31(30)16-15-24(27)23-10-6-5-9-21(25(23)28)17-19-11-13-22(26)14-12-19/h2-4,7-8,11-18,28-29H,5-6,9-10,27H2,1H3/b16-15+,21-17+,24-23-,28-25?/t18-,31?/m0/s1. The molecule has 3 rings (SSSR count). The average molecular weight is 454 g/mol. The third kappa shape index (κ3) is 6.76. The first-order chi connectivity index (χ1) is 14.9. The van der Waals surface area contributed by atoms with Crippen LogP contribution in [0.25, 0.3) is 6.08 Å². The first-order valence-electron chi connectivity index (χ1n) is 10.4. The number of nitrogens with two attached hydrogens (primary N) is 1. The molecule has 162 valence electrons. The Labute approximate surface area is 192 Å². The van der Waals surface area contributed by atoms with Gasteiger partial charge in [-0.15, -0.1) is 0 Å². The summed E-state index contributed by atoms with van der Waals surface area (Å²) in [6, 6.07) is 17.4. The molecule has 4 N–H and O–H groups in total. The molecule has 0 saturated heterocycles. The lowest BCUT2D eigenvalue weighted by molar-refractivity contribution is 0.658. The molecule has 1 unspecified atom stereocenters. The van der Waals surface area contributed by atoms with Gasteiger partial charge >= 0.3 is 0 Å². The van der Waals surface area contributed by atoms with Crippen molar-refractivity contribution < 1.29 is 4.21 Å². The predicted octanol–water partition coefficient (Wildman–Crippen LogP) is 6.06. The monoisotopic (exact) mass is 453 g/mol. The fourth-order valence-corrected chi connectivity index (χ4v) is 4.47. The molecule has 2 atom stereocenters. The van der Waals surface area contributed by atoms with Gasteiger partial charge in [0.15, 0.2) is 0 Å². The van der Waals surface area contributed by atoms with E-state index in [1.807, 2.05) is 67.6 Å². The fraction of sp³-hybridized carbons (Fsp3) is 0.240. The van der Waals surface area contributed by atoms with Crippen molar-refractivity contribution in [2.45, 2.75) is 38.6 Å². The molecule has 2 aromatic rings. The molecule has 6 heteroatoms. The SMILES string of the molecule is C[C@H](NS(=O)/C=C/C(N)=C1\CCCC/C(=C\c2ccc(Cl)cc2)C1=N)c1ccccc1. The van der Waals surface area contributed by atoms with Crippen LogP contribution in [0.1, 0.15) is 49.8 Å². The second-order valence-corrected chi connectivity index (χ2v) is 9.13. The minimum Gasteiger partial charge on any atom is -0.398 e. The Hall–Kier alpha value is -2.47. The second-order valence-electron chi connectivity index (χ2n) is 7.59. The van der Waals surface area contributed by atoms with E-state index in [1.165, 1.54) is 0 Å². The second kappa shape index (κ2) is 11.2. The van der Waals surface area contributed by atoms with Crippen molar-refractivity contribution in [2.75, 3.05) is 0 Å². The number of nitrogens with one attached hydrogen (secondary N) is 2. The first kappa shape index (κ1) is 23.2. The summed E-state index contributed by atoms with van der Waals surface area (Å²) in [6.07, 6.45) is 7.25. The van der Waals surface area contributed by atoms with Crippen LogP contribution in [0.3, 0.4) is 0 Å². The first-order valence-corrected chi connectivity index (χ1v) is 12.0. The molecule has 31 heavy (non-hydrogen) atoms. The van der Waals surface area contributed by atoms with E-state index in [0.717, 1.165) is 48.0 Å². The molecular formula is C25H28ClN3OS. The molecular weight excluding hydrogens is 426 g/mol. The molecule has 0 bridgehead atoms. The minimum absolute atomic E-state index is 0.0503. The highest BCUT2D eigenvalue weighted by Gasteiger charge is 2.17. The van der Waals surface area contributed by atoms with Gasteiger partial charge in [0.2, 0.25) is 0 Å². The summed E-state index contributed by atoms with van der Waals surface area (Å²) in [5, 5.41) is 11.0. The van der Waals surface area contributed by atoms with Gasteiger partial charge in [-0.25, -0.2) is 8.93 Å². The zero-order valence-corrected chi connectivity index (χ0v) is 19.2. The fourth-order valence-electron chi connectivity index (χ4n) is 3.51. The normalized spacial score (nSPS) is 19.9. The molecule has 0 radical (unpaired) electrons. The van der Waals surface area contributed by atoms with E-state index in [4.69, 9.17) is 22.7 Å². The number of hydrogen-bond acceptors (Lipinski definition) is 3. The summed E-state index contributed by atoms with van der Waals surface area (Å²) in [7, 11) is -1.38. The van der Waals surface area contributed by atoms with E-state index in [1.54, 1.807) is 11.5 Å². The topological polar surface area (TPSA) is 79.0 Å². The van der Waals surface area contributed by atoms with Crippen LogP contribution in [0, 0.1) is 5.41 Å². The van der Waals surface area contributed by atoms with Crippen LogP contribution in [0.15, 0.2) is 82.9 Å². The lowest BCUT2D eigenvalue weighted by atomic mass is 9.97. The van der Waals surface area contributed by atoms with Crippen LogP contribution >= 0.6 is 11.6 Å². The largest absolute Gasteiger partial charge is 0.398 e. The molecule has 4 nitrogen and oxygen atoms in total. The van der Waals surface area contributed by atoms with Gasteiger partial charge in [0.25, 0.3) is 0 Å². The number of allylic oxidation sites excluding steroid dienone is 3. The van der Waals surface area contributed by atoms with Crippen molar-refractivity contribution in [3.8, 4) is 0 Å². The van der Waals surface area contributed by atoms with Gasteiger partial charge < -0.3 is 11.1 Å². The van der Waals surface area contributed by atoms with E-state index >= 15 is 0 Å². The highest BCUT2D eigenvalue weighted by atomic mass is 35.5. The van der Waals surface area contributed by atoms with Crippen LogP contribution in [0.2, 0.25) is 5.02 Å². The summed E-state index contributed by atoms with van der Waals surface area (Å²) >= 11 is 5.98. The van der Waals surface area contributed by atoms with E-state index < -0.39 is 11.0 Å². The minimum atomic E-state index is -1.38. The zero-order chi connectivity index (χ0) is 22.2. The summed E-state index contributed by atoms with van der Waals surface area (Å²) in [5.41, 5.74) is 11.1. The lowest BCUT2D eigenvalue weighted by Crippen LogP contribution is -2.19. The van der Waals surface area contributed by atoms with Crippen molar-refractivity contribution in [3.63, 3.8) is 0 Å². The van der Waals surface area contributed by atoms with Crippen molar-refractivity contribution in [1.82, 2.24) is 4.72 Å². The van der Waals surface area contributed by atoms with E-state index in [2.05, 4.69) is 4.72 Å². The van der Waals surface area contributed by atoms with Crippen LogP contribution in [0.4, 0.5) is 0 Å². The number of benzene rings is 2. The van der Waals surface area contributed by atoms with Crippen molar-refractivity contribution in [3.05, 3.63) is 99.1 Å². The smallest absolute Gasteiger partial charge is 0.118 e. The van der Waals surface area contributed by atoms with Gasteiger partial charge in [-0.3, -0.25) is 0 Å². The molecule has 1 aliphatic rings. The van der Waals surface area contributed by atoms with Crippen LogP contribution in [-0.4, -0.2) is 9.92 Å². The Morgan fingerprint density at radius 2 is 1.81 bits per heavy atom. The highest BCUT2D eigenvalue weighted by Crippen LogP contribution is 2.27. The maximum Gasteiger partial charge on any atom is 0.118 e. The predicted molar refractivity (Wildman–Crippen MR) is 132 cm³/mol. The summed E-state index contributed by atoms with van der Waals surface area (Å²) in [5.74, 6) is 0. The molecule has 0 aliphatic heterocycles. The third-order valence-electron chi connectivity index (χ3n) is 5.27. The molecule has 0 heterocycles. The van der Waals surface area contributed by atoms with E-state index in [9.17, 15) is 4.21 Å². The summed E-state index contributed by atoms with van der Waals surface area (Å²) in [6.45, 7) is 1.97. The van der Waals surface area contributed by atoms with Gasteiger partial charge in [-0.2, -0.15) is 0 Å². The van der Waals surface area contributed by atoms with Gasteiger partial charge in [0.1, 0.15) is 11.0 Å². The van der Waals surface area contributed by atoms with E-state index in [0.29, 0.717) is 16.4 Å². The Balaban J connectivity index is 1.73. The van der Waals surface area contributed by atoms with Gasteiger partial charge in [0, 0.05) is 27.7 Å².